The normalized spacial score (nSPS) is 17.5. The quantitative estimate of drug-likeness (QED) is 0.793. The van der Waals surface area contributed by atoms with Gasteiger partial charge in [0, 0.05) is 18.8 Å². The third-order valence-corrected chi connectivity index (χ3v) is 4.17. The zero-order chi connectivity index (χ0) is 16.8. The molecule has 1 saturated heterocycles. The van der Waals surface area contributed by atoms with Crippen LogP contribution in [0.15, 0.2) is 36.7 Å². The summed E-state index contributed by atoms with van der Waals surface area (Å²) < 4.78 is 7.53. The lowest BCUT2D eigenvalue weighted by Crippen LogP contribution is -2.47. The van der Waals surface area contributed by atoms with E-state index in [1.807, 2.05) is 43.7 Å². The molecule has 24 heavy (non-hydrogen) atoms. The van der Waals surface area contributed by atoms with Gasteiger partial charge in [0.1, 0.15) is 12.4 Å². The molecule has 2 heterocycles. The van der Waals surface area contributed by atoms with E-state index in [2.05, 4.69) is 15.7 Å². The summed E-state index contributed by atoms with van der Waals surface area (Å²) in [6, 6.07) is 7.85. The summed E-state index contributed by atoms with van der Waals surface area (Å²) in [6.07, 6.45) is 6.98. The molecule has 6 nitrogen and oxygen atoms in total. The molecule has 1 aromatic carbocycles. The molecular formula is C18H24N4O2. The van der Waals surface area contributed by atoms with Gasteiger partial charge >= 0.3 is 0 Å². The molecule has 0 saturated carbocycles. The number of nitrogens with one attached hydrogen (secondary N) is 2. The average molecular weight is 328 g/mol. The van der Waals surface area contributed by atoms with Crippen molar-refractivity contribution in [3.05, 3.63) is 36.7 Å². The zero-order valence-corrected chi connectivity index (χ0v) is 14.0. The topological polar surface area (TPSA) is 68.2 Å². The maximum atomic E-state index is 12.0. The molecular weight excluding hydrogens is 304 g/mol. The standard InChI is InChI=1S/C18H24N4O2/c1-22-13-15(12-21-22)14-5-4-6-16(11-14)24-10-9-20-18(23)17-7-2-3-8-19-17/h4-6,11-13,17,19H,2-3,7-10H2,1H3,(H,20,23). The lowest BCUT2D eigenvalue weighted by molar-refractivity contribution is -0.123. The fraction of sp³-hybridized carbons (Fsp3) is 0.444. The van der Waals surface area contributed by atoms with Crippen LogP contribution in [0.1, 0.15) is 19.3 Å². The summed E-state index contributed by atoms with van der Waals surface area (Å²) in [6.45, 7) is 1.89. The number of piperidine rings is 1. The van der Waals surface area contributed by atoms with Crippen LogP contribution in [0.25, 0.3) is 11.1 Å². The van der Waals surface area contributed by atoms with Crippen LogP contribution < -0.4 is 15.4 Å². The number of hydrogen-bond acceptors (Lipinski definition) is 4. The predicted octanol–water partition coefficient (Wildman–Crippen LogP) is 1.72. The van der Waals surface area contributed by atoms with Crippen LogP contribution in [-0.4, -0.2) is 41.4 Å². The van der Waals surface area contributed by atoms with E-state index in [0.717, 1.165) is 42.7 Å². The zero-order valence-electron chi connectivity index (χ0n) is 14.0. The second kappa shape index (κ2) is 7.97. The van der Waals surface area contributed by atoms with Crippen molar-refractivity contribution in [3.8, 4) is 16.9 Å². The fourth-order valence-corrected chi connectivity index (χ4v) is 2.88. The lowest BCUT2D eigenvalue weighted by atomic mass is 10.0. The van der Waals surface area contributed by atoms with Gasteiger partial charge in [0.2, 0.25) is 5.91 Å². The summed E-state index contributed by atoms with van der Waals surface area (Å²) in [5.74, 6) is 0.865. The van der Waals surface area contributed by atoms with Gasteiger partial charge in [0.25, 0.3) is 0 Å². The number of benzene rings is 1. The van der Waals surface area contributed by atoms with Crippen molar-refractivity contribution in [1.82, 2.24) is 20.4 Å². The monoisotopic (exact) mass is 328 g/mol. The summed E-state index contributed by atoms with van der Waals surface area (Å²) >= 11 is 0. The molecule has 3 rings (SSSR count). The number of ether oxygens (including phenoxy) is 1. The van der Waals surface area contributed by atoms with Crippen LogP contribution in [0, 0.1) is 0 Å². The van der Waals surface area contributed by atoms with Crippen LogP contribution in [0.4, 0.5) is 0 Å². The fourth-order valence-electron chi connectivity index (χ4n) is 2.88. The molecule has 1 unspecified atom stereocenters. The average Bonchev–Trinajstić information content (AvgIpc) is 3.06. The van der Waals surface area contributed by atoms with Crippen molar-refractivity contribution in [2.24, 2.45) is 7.05 Å². The van der Waals surface area contributed by atoms with E-state index < -0.39 is 0 Å². The van der Waals surface area contributed by atoms with Gasteiger partial charge in [-0.2, -0.15) is 5.10 Å². The highest BCUT2D eigenvalue weighted by Gasteiger charge is 2.19. The predicted molar refractivity (Wildman–Crippen MR) is 92.8 cm³/mol. The molecule has 128 valence electrons. The number of aromatic nitrogens is 2. The first-order valence-corrected chi connectivity index (χ1v) is 8.45. The Kier molecular flexibility index (Phi) is 5.48. The first kappa shape index (κ1) is 16.5. The minimum absolute atomic E-state index is 0.0485. The highest BCUT2D eigenvalue weighted by atomic mass is 16.5. The third-order valence-electron chi connectivity index (χ3n) is 4.17. The Morgan fingerprint density at radius 2 is 2.33 bits per heavy atom. The van der Waals surface area contributed by atoms with Crippen LogP contribution in [0.3, 0.4) is 0 Å². The molecule has 1 aliphatic rings. The van der Waals surface area contributed by atoms with Gasteiger partial charge in [-0.25, -0.2) is 0 Å². The van der Waals surface area contributed by atoms with Crippen molar-refractivity contribution in [2.75, 3.05) is 19.7 Å². The number of amides is 1. The maximum Gasteiger partial charge on any atom is 0.237 e. The van der Waals surface area contributed by atoms with E-state index >= 15 is 0 Å². The van der Waals surface area contributed by atoms with Crippen molar-refractivity contribution < 1.29 is 9.53 Å². The number of carbonyl (C=O) groups excluding carboxylic acids is 1. The Balaban J connectivity index is 1.46. The van der Waals surface area contributed by atoms with E-state index in [1.165, 1.54) is 0 Å². The van der Waals surface area contributed by atoms with E-state index in [9.17, 15) is 4.79 Å². The van der Waals surface area contributed by atoms with E-state index in [-0.39, 0.29) is 11.9 Å². The van der Waals surface area contributed by atoms with Crippen molar-refractivity contribution in [2.45, 2.75) is 25.3 Å². The Morgan fingerprint density at radius 3 is 3.08 bits per heavy atom. The third kappa shape index (κ3) is 4.35. The SMILES string of the molecule is Cn1cc(-c2cccc(OCCNC(=O)C3CCCCN3)c2)cn1. The van der Waals surface area contributed by atoms with Gasteiger partial charge < -0.3 is 15.4 Å². The molecule has 0 bridgehead atoms. The molecule has 0 radical (unpaired) electrons. The maximum absolute atomic E-state index is 12.0. The Morgan fingerprint density at radius 1 is 1.42 bits per heavy atom. The molecule has 1 fully saturated rings. The van der Waals surface area contributed by atoms with E-state index in [1.54, 1.807) is 4.68 Å². The number of nitrogens with zero attached hydrogens (tertiary/aromatic N) is 2. The molecule has 1 atom stereocenters. The van der Waals surface area contributed by atoms with Crippen LogP contribution in [0.5, 0.6) is 5.75 Å². The molecule has 2 N–H and O–H groups in total. The molecule has 1 aliphatic heterocycles. The van der Waals surface area contributed by atoms with E-state index in [0.29, 0.717) is 13.2 Å². The molecule has 1 aromatic heterocycles. The first-order chi connectivity index (χ1) is 11.7. The summed E-state index contributed by atoms with van der Waals surface area (Å²) in [7, 11) is 1.90. The number of rotatable bonds is 6. The Hall–Kier alpha value is -2.34. The largest absolute Gasteiger partial charge is 0.492 e. The minimum atomic E-state index is -0.0485. The lowest BCUT2D eigenvalue weighted by Gasteiger charge is -2.22. The highest BCUT2D eigenvalue weighted by molar-refractivity contribution is 5.81. The first-order valence-electron chi connectivity index (χ1n) is 8.45. The second-order valence-corrected chi connectivity index (χ2v) is 6.07. The summed E-state index contributed by atoms with van der Waals surface area (Å²) in [5.41, 5.74) is 2.12. The van der Waals surface area contributed by atoms with Gasteiger partial charge in [0.15, 0.2) is 0 Å². The van der Waals surface area contributed by atoms with Gasteiger partial charge in [-0.15, -0.1) is 0 Å². The Labute approximate surface area is 142 Å². The summed E-state index contributed by atoms with van der Waals surface area (Å²) in [5, 5.41) is 10.4. The van der Waals surface area contributed by atoms with Crippen LogP contribution in [0.2, 0.25) is 0 Å². The Bertz CT molecular complexity index is 677. The molecule has 6 heteroatoms. The van der Waals surface area contributed by atoms with Crippen LogP contribution in [-0.2, 0) is 11.8 Å². The van der Waals surface area contributed by atoms with Crippen LogP contribution >= 0.6 is 0 Å². The second-order valence-electron chi connectivity index (χ2n) is 6.07. The van der Waals surface area contributed by atoms with Crippen molar-refractivity contribution in [1.29, 1.82) is 0 Å². The van der Waals surface area contributed by atoms with Gasteiger partial charge in [-0.05, 0) is 37.1 Å². The molecule has 0 aliphatic carbocycles. The summed E-state index contributed by atoms with van der Waals surface area (Å²) in [4.78, 5) is 12.0. The van der Waals surface area contributed by atoms with E-state index in [4.69, 9.17) is 4.74 Å². The molecule has 2 aromatic rings. The van der Waals surface area contributed by atoms with Gasteiger partial charge in [-0.3, -0.25) is 9.48 Å². The minimum Gasteiger partial charge on any atom is -0.492 e. The number of aryl methyl sites for hydroxylation is 1. The molecule has 0 spiro atoms. The van der Waals surface area contributed by atoms with Crippen molar-refractivity contribution >= 4 is 5.91 Å². The smallest absolute Gasteiger partial charge is 0.237 e. The van der Waals surface area contributed by atoms with Gasteiger partial charge in [0.05, 0.1) is 18.8 Å². The number of hydrogen-bond donors (Lipinski definition) is 2. The van der Waals surface area contributed by atoms with Gasteiger partial charge in [-0.1, -0.05) is 18.6 Å². The highest BCUT2D eigenvalue weighted by Crippen LogP contribution is 2.23. The molecule has 1 amide bonds. The number of carbonyl (C=O) groups is 1. The van der Waals surface area contributed by atoms with Crippen molar-refractivity contribution in [3.63, 3.8) is 0 Å².